The molecule has 1 aliphatic heterocycles. The maximum absolute atomic E-state index is 13.6. The number of hydrogen-bond acceptors (Lipinski definition) is 3. The molecule has 1 aromatic carbocycles. The molecule has 1 atom stereocenters. The van der Waals surface area contributed by atoms with Gasteiger partial charge in [-0.15, -0.1) is 0 Å². The molecule has 2 nitrogen and oxygen atoms in total. The van der Waals surface area contributed by atoms with Crippen LogP contribution in [0.25, 0.3) is 0 Å². The Morgan fingerprint density at radius 3 is 3.06 bits per heavy atom. The first-order valence-corrected chi connectivity index (χ1v) is 6.99. The lowest BCUT2D eigenvalue weighted by atomic mass is 10.2. The molecule has 1 saturated heterocycles. The zero-order valence-electron chi connectivity index (χ0n) is 10.0. The summed E-state index contributed by atoms with van der Waals surface area (Å²) in [5.74, 6) is 1.64. The molecule has 0 spiro atoms. The van der Waals surface area contributed by atoms with Gasteiger partial charge in [0, 0.05) is 30.0 Å². The van der Waals surface area contributed by atoms with E-state index in [9.17, 15) is 4.39 Å². The van der Waals surface area contributed by atoms with Gasteiger partial charge in [0.15, 0.2) is 0 Å². The number of benzene rings is 1. The van der Waals surface area contributed by atoms with Crippen LogP contribution in [0.15, 0.2) is 18.2 Å². The highest BCUT2D eigenvalue weighted by Crippen LogP contribution is 2.25. The highest BCUT2D eigenvalue weighted by atomic mass is 32.2. The Hall–Kier alpha value is -0.740. The maximum atomic E-state index is 13.6. The van der Waals surface area contributed by atoms with Crippen LogP contribution in [0.2, 0.25) is 0 Å². The van der Waals surface area contributed by atoms with Crippen molar-refractivity contribution in [3.05, 3.63) is 29.6 Å². The minimum absolute atomic E-state index is 0.198. The van der Waals surface area contributed by atoms with Gasteiger partial charge in [0.25, 0.3) is 0 Å². The van der Waals surface area contributed by atoms with Crippen LogP contribution in [-0.2, 0) is 6.54 Å². The second kappa shape index (κ2) is 6.26. The van der Waals surface area contributed by atoms with Crippen molar-refractivity contribution in [3.63, 3.8) is 0 Å². The quantitative estimate of drug-likeness (QED) is 0.874. The Morgan fingerprint density at radius 2 is 2.41 bits per heavy atom. The minimum atomic E-state index is -0.198. The lowest BCUT2D eigenvalue weighted by Crippen LogP contribution is -2.23. The fourth-order valence-corrected chi connectivity index (χ4v) is 3.21. The van der Waals surface area contributed by atoms with Crippen molar-refractivity contribution in [2.45, 2.75) is 24.6 Å². The SMILES string of the molecule is COc1ccc(CNCC2CCCS2)c(F)c1. The molecule has 1 fully saturated rings. The van der Waals surface area contributed by atoms with Gasteiger partial charge in [-0.1, -0.05) is 6.07 Å². The van der Waals surface area contributed by atoms with Crippen molar-refractivity contribution in [1.29, 1.82) is 0 Å². The molecule has 0 aromatic heterocycles. The number of nitrogens with one attached hydrogen (secondary N) is 1. The molecule has 0 amide bonds. The van der Waals surface area contributed by atoms with Crippen molar-refractivity contribution in [2.24, 2.45) is 0 Å². The van der Waals surface area contributed by atoms with Crippen molar-refractivity contribution in [1.82, 2.24) is 5.32 Å². The van der Waals surface area contributed by atoms with E-state index in [0.29, 0.717) is 23.1 Å². The number of thioether (sulfide) groups is 1. The van der Waals surface area contributed by atoms with Gasteiger partial charge < -0.3 is 10.1 Å². The first-order chi connectivity index (χ1) is 8.29. The Bertz CT molecular complexity index is 366. The van der Waals surface area contributed by atoms with E-state index >= 15 is 0 Å². The zero-order chi connectivity index (χ0) is 12.1. The Kier molecular flexibility index (Phi) is 4.68. The van der Waals surface area contributed by atoms with E-state index in [0.717, 1.165) is 6.54 Å². The van der Waals surface area contributed by atoms with Crippen LogP contribution in [-0.4, -0.2) is 24.7 Å². The third-order valence-corrected chi connectivity index (χ3v) is 4.37. The Balaban J connectivity index is 1.81. The molecule has 1 aromatic rings. The summed E-state index contributed by atoms with van der Waals surface area (Å²) in [5, 5.41) is 4.03. The number of rotatable bonds is 5. The lowest BCUT2D eigenvalue weighted by Gasteiger charge is -2.11. The fourth-order valence-electron chi connectivity index (χ4n) is 1.97. The van der Waals surface area contributed by atoms with E-state index in [4.69, 9.17) is 4.74 Å². The van der Waals surface area contributed by atoms with Crippen LogP contribution in [0.1, 0.15) is 18.4 Å². The van der Waals surface area contributed by atoms with Gasteiger partial charge in [0.05, 0.1) is 7.11 Å². The molecule has 4 heteroatoms. The van der Waals surface area contributed by atoms with Crippen molar-refractivity contribution in [3.8, 4) is 5.75 Å². The summed E-state index contributed by atoms with van der Waals surface area (Å²) < 4.78 is 18.6. The summed E-state index contributed by atoms with van der Waals surface area (Å²) in [4.78, 5) is 0. The Morgan fingerprint density at radius 1 is 1.53 bits per heavy atom. The second-order valence-electron chi connectivity index (χ2n) is 4.22. The molecule has 1 heterocycles. The largest absolute Gasteiger partial charge is 0.497 e. The minimum Gasteiger partial charge on any atom is -0.497 e. The van der Waals surface area contributed by atoms with E-state index in [1.54, 1.807) is 19.2 Å². The number of ether oxygens (including phenoxy) is 1. The predicted octanol–water partition coefficient (Wildman–Crippen LogP) is 2.82. The van der Waals surface area contributed by atoms with Gasteiger partial charge in [-0.3, -0.25) is 0 Å². The van der Waals surface area contributed by atoms with Gasteiger partial charge in [-0.2, -0.15) is 11.8 Å². The molecule has 17 heavy (non-hydrogen) atoms. The molecule has 1 N–H and O–H groups in total. The molecule has 94 valence electrons. The van der Waals surface area contributed by atoms with Crippen LogP contribution < -0.4 is 10.1 Å². The molecule has 0 bridgehead atoms. The van der Waals surface area contributed by atoms with Crippen LogP contribution in [0, 0.1) is 5.82 Å². The van der Waals surface area contributed by atoms with Crippen LogP contribution >= 0.6 is 11.8 Å². The smallest absolute Gasteiger partial charge is 0.131 e. The van der Waals surface area contributed by atoms with E-state index in [1.165, 1.54) is 24.7 Å². The summed E-state index contributed by atoms with van der Waals surface area (Å²) in [6.07, 6.45) is 2.59. The van der Waals surface area contributed by atoms with Gasteiger partial charge in [-0.05, 0) is 24.7 Å². The number of halogens is 1. The van der Waals surface area contributed by atoms with Gasteiger partial charge >= 0.3 is 0 Å². The normalized spacial score (nSPS) is 19.5. The van der Waals surface area contributed by atoms with Gasteiger partial charge in [0.1, 0.15) is 11.6 Å². The first-order valence-electron chi connectivity index (χ1n) is 5.94. The maximum Gasteiger partial charge on any atom is 0.131 e. The molecule has 1 aliphatic rings. The highest BCUT2D eigenvalue weighted by molar-refractivity contribution is 8.00. The molecule has 0 saturated carbocycles. The monoisotopic (exact) mass is 255 g/mol. The number of hydrogen-bond donors (Lipinski definition) is 1. The van der Waals surface area contributed by atoms with E-state index < -0.39 is 0 Å². The summed E-state index contributed by atoms with van der Waals surface area (Å²) >= 11 is 2.01. The standard InChI is InChI=1S/C13H18FNOS/c1-16-11-5-4-10(13(14)7-11)8-15-9-12-3-2-6-17-12/h4-5,7,12,15H,2-3,6,8-9H2,1H3. The predicted molar refractivity (Wildman–Crippen MR) is 70.1 cm³/mol. The third kappa shape index (κ3) is 3.61. The van der Waals surface area contributed by atoms with Gasteiger partial charge in [0.2, 0.25) is 0 Å². The van der Waals surface area contributed by atoms with Crippen LogP contribution in [0.3, 0.4) is 0 Å². The van der Waals surface area contributed by atoms with E-state index in [1.807, 2.05) is 11.8 Å². The summed E-state index contributed by atoms with van der Waals surface area (Å²) in [6, 6.07) is 5.01. The van der Waals surface area contributed by atoms with Crippen molar-refractivity contribution < 1.29 is 9.13 Å². The summed E-state index contributed by atoms with van der Waals surface area (Å²) in [6.45, 7) is 1.56. The fraction of sp³-hybridized carbons (Fsp3) is 0.538. The van der Waals surface area contributed by atoms with Crippen molar-refractivity contribution >= 4 is 11.8 Å². The molecular formula is C13H18FNOS. The first kappa shape index (κ1) is 12.7. The van der Waals surface area contributed by atoms with Crippen LogP contribution in [0.4, 0.5) is 4.39 Å². The second-order valence-corrected chi connectivity index (χ2v) is 5.63. The molecule has 1 unspecified atom stereocenters. The summed E-state index contributed by atoms with van der Waals surface area (Å²) in [5.41, 5.74) is 0.703. The van der Waals surface area contributed by atoms with Crippen LogP contribution in [0.5, 0.6) is 5.75 Å². The van der Waals surface area contributed by atoms with E-state index in [2.05, 4.69) is 5.32 Å². The molecule has 2 rings (SSSR count). The van der Waals surface area contributed by atoms with E-state index in [-0.39, 0.29) is 5.82 Å². The average Bonchev–Trinajstić information content (AvgIpc) is 2.84. The molecule has 0 aliphatic carbocycles. The molecule has 0 radical (unpaired) electrons. The Labute approximate surface area is 106 Å². The third-order valence-electron chi connectivity index (χ3n) is 2.97. The van der Waals surface area contributed by atoms with Gasteiger partial charge in [-0.25, -0.2) is 4.39 Å². The topological polar surface area (TPSA) is 21.3 Å². The highest BCUT2D eigenvalue weighted by Gasteiger charge is 2.14. The van der Waals surface area contributed by atoms with Crippen molar-refractivity contribution in [2.75, 3.05) is 19.4 Å². The lowest BCUT2D eigenvalue weighted by molar-refractivity contribution is 0.410. The summed E-state index contributed by atoms with van der Waals surface area (Å²) in [7, 11) is 1.55. The average molecular weight is 255 g/mol. The number of methoxy groups -OCH3 is 1. The zero-order valence-corrected chi connectivity index (χ0v) is 10.9. The molecular weight excluding hydrogens is 237 g/mol.